The van der Waals surface area contributed by atoms with Gasteiger partial charge in [0.1, 0.15) is 23.8 Å². The zero-order valence-corrected chi connectivity index (χ0v) is 26.6. The van der Waals surface area contributed by atoms with Crippen molar-refractivity contribution in [3.05, 3.63) is 67.3 Å². The number of hydrogen-bond acceptors (Lipinski definition) is 10. The Hall–Kier alpha value is -3.03. The normalized spacial score (nSPS) is 11.4. The Morgan fingerprint density at radius 2 is 1.27 bits per heavy atom. The highest BCUT2D eigenvalue weighted by Gasteiger charge is 2.22. The van der Waals surface area contributed by atoms with Crippen LogP contribution >= 0.6 is 46.4 Å². The van der Waals surface area contributed by atoms with Crippen molar-refractivity contribution in [2.24, 2.45) is 0 Å². The van der Waals surface area contributed by atoms with Crippen LogP contribution in [0.4, 0.5) is 0 Å². The van der Waals surface area contributed by atoms with Gasteiger partial charge in [0.05, 0.1) is 33.3 Å². The number of rotatable bonds is 15. The topological polar surface area (TPSA) is 158 Å². The molecule has 4 aromatic rings. The summed E-state index contributed by atoms with van der Waals surface area (Å²) in [5.41, 5.74) is 0.757. The van der Waals surface area contributed by atoms with Gasteiger partial charge in [-0.05, 0) is 24.3 Å². The lowest BCUT2D eigenvalue weighted by molar-refractivity contribution is -0.0466. The Bertz CT molecular complexity index is 1570. The molecule has 2 aromatic carbocycles. The van der Waals surface area contributed by atoms with Gasteiger partial charge in [-0.3, -0.25) is 0 Å². The second-order valence-corrected chi connectivity index (χ2v) is 10.8. The van der Waals surface area contributed by atoms with E-state index < -0.39 is 12.3 Å². The fourth-order valence-electron chi connectivity index (χ4n) is 4.11. The molecule has 4 rings (SSSR count). The van der Waals surface area contributed by atoms with Gasteiger partial charge < -0.3 is 38.4 Å². The molecular weight excluding hydrogens is 662 g/mol. The number of carboxylic acids is 1. The van der Waals surface area contributed by atoms with Crippen molar-refractivity contribution in [1.82, 2.24) is 9.97 Å². The van der Waals surface area contributed by atoms with Gasteiger partial charge in [-0.1, -0.05) is 60.3 Å². The molecule has 0 radical (unpaired) electrons. The molecule has 0 unspecified atom stereocenters. The number of carbonyl (C=O) groups is 1. The van der Waals surface area contributed by atoms with Crippen molar-refractivity contribution in [2.75, 3.05) is 26.4 Å². The fraction of sp³-hybridized carbons (Fsp3) is 0.345. The molecule has 0 aliphatic carbocycles. The molecule has 44 heavy (non-hydrogen) atoms. The second-order valence-electron chi connectivity index (χ2n) is 9.21. The third kappa shape index (κ3) is 7.97. The smallest absolute Gasteiger partial charge is 0.358 e. The van der Waals surface area contributed by atoms with Gasteiger partial charge in [0.15, 0.2) is 23.5 Å². The number of oxazole rings is 2. The van der Waals surface area contributed by atoms with Gasteiger partial charge in [-0.2, -0.15) is 0 Å². The van der Waals surface area contributed by atoms with E-state index in [1.165, 1.54) is 0 Å². The van der Waals surface area contributed by atoms with Gasteiger partial charge in [0, 0.05) is 37.0 Å². The van der Waals surface area contributed by atoms with Crippen LogP contribution in [-0.4, -0.2) is 57.7 Å². The van der Waals surface area contributed by atoms with E-state index in [9.17, 15) is 20.1 Å². The number of aliphatic hydroxyl groups is 2. The maximum absolute atomic E-state index is 11.4. The Labute approximate surface area is 272 Å². The zero-order chi connectivity index (χ0) is 32.0. The van der Waals surface area contributed by atoms with Crippen molar-refractivity contribution in [3.63, 3.8) is 0 Å². The number of aliphatic hydroxyl groups excluding tert-OH is 1. The molecule has 236 valence electrons. The third-order valence-electron chi connectivity index (χ3n) is 6.16. The van der Waals surface area contributed by atoms with Crippen molar-refractivity contribution in [2.45, 2.75) is 39.4 Å². The minimum absolute atomic E-state index is 0.0346. The lowest BCUT2D eigenvalue weighted by atomic mass is 10.2. The number of ether oxygens (including phenoxy) is 3. The lowest BCUT2D eigenvalue weighted by Gasteiger charge is -2.12. The predicted molar refractivity (Wildman–Crippen MR) is 163 cm³/mol. The predicted octanol–water partition coefficient (Wildman–Crippen LogP) is 7.28. The van der Waals surface area contributed by atoms with E-state index >= 15 is 0 Å². The first-order chi connectivity index (χ1) is 21.0. The number of nitrogens with zero attached hydrogens (tertiary/aromatic N) is 2. The lowest BCUT2D eigenvalue weighted by Crippen LogP contribution is -2.10. The second kappa shape index (κ2) is 15.3. The summed E-state index contributed by atoms with van der Waals surface area (Å²) in [4.78, 5) is 19.6. The summed E-state index contributed by atoms with van der Waals surface area (Å²) in [6.07, 6.45) is -0.454. The van der Waals surface area contributed by atoms with Crippen LogP contribution in [0.1, 0.15) is 54.3 Å². The van der Waals surface area contributed by atoms with Gasteiger partial charge in [0.25, 0.3) is 0 Å². The molecule has 0 amide bonds. The monoisotopic (exact) mass is 688 g/mol. The van der Waals surface area contributed by atoms with E-state index in [1.807, 2.05) is 0 Å². The third-order valence-corrected chi connectivity index (χ3v) is 7.28. The van der Waals surface area contributed by atoms with Gasteiger partial charge in [0.2, 0.25) is 11.8 Å². The number of carboxylic acid groups (broad SMARTS) is 1. The molecule has 3 N–H and O–H groups in total. The number of hydrogen-bond donors (Lipinski definition) is 3. The highest BCUT2D eigenvalue weighted by molar-refractivity contribution is 6.38. The molecule has 0 aliphatic rings. The molecule has 11 nitrogen and oxygen atoms in total. The summed E-state index contributed by atoms with van der Waals surface area (Å²) >= 11 is 25.5. The number of aromatic nitrogens is 2. The van der Waals surface area contributed by atoms with E-state index in [4.69, 9.17) is 69.4 Å². The Balaban J connectivity index is 1.23. The molecule has 15 heteroatoms. The zero-order valence-electron chi connectivity index (χ0n) is 23.5. The van der Waals surface area contributed by atoms with Gasteiger partial charge >= 0.3 is 5.97 Å². The van der Waals surface area contributed by atoms with Crippen LogP contribution in [0.15, 0.2) is 33.1 Å². The Morgan fingerprint density at radius 3 is 1.73 bits per heavy atom. The van der Waals surface area contributed by atoms with E-state index in [0.29, 0.717) is 42.8 Å². The molecule has 0 saturated heterocycles. The van der Waals surface area contributed by atoms with E-state index in [-0.39, 0.29) is 80.3 Å². The van der Waals surface area contributed by atoms with Gasteiger partial charge in [-0.25, -0.2) is 14.8 Å². The number of aryl methyl sites for hydroxylation is 2. The molecule has 0 saturated carbocycles. The Kier molecular flexibility index (Phi) is 11.8. The number of benzene rings is 2. The van der Waals surface area contributed by atoms with Crippen molar-refractivity contribution >= 4 is 52.4 Å². The number of aromatic carboxylic acids is 1. The molecule has 0 atom stereocenters. The first kappa shape index (κ1) is 33.9. The van der Waals surface area contributed by atoms with Crippen molar-refractivity contribution in [1.29, 1.82) is 0 Å². The Morgan fingerprint density at radius 1 is 0.773 bits per heavy atom. The first-order valence-corrected chi connectivity index (χ1v) is 15.0. The maximum atomic E-state index is 11.4. The van der Waals surface area contributed by atoms with Crippen LogP contribution in [0.5, 0.6) is 11.5 Å². The van der Waals surface area contributed by atoms with E-state index in [0.717, 1.165) is 0 Å². The summed E-state index contributed by atoms with van der Waals surface area (Å²) in [6.45, 7) is 4.60. The molecule has 2 aromatic heterocycles. The molecule has 0 bridgehead atoms. The van der Waals surface area contributed by atoms with E-state index in [1.54, 1.807) is 38.1 Å². The largest absolute Gasteiger partial charge is 0.490 e. The standard InChI is InChI=1S/C29H28Cl4N2O9/c1-3-20-22(28(36)37)34-26(43-20)14-10-16(30)24(17(31)11-14)41-7-5-6-40-8-9-42-25-18(32)12-15(13-19(25)33)27-35-23(29(38)39)21(4-2)44-27/h10-13,29,38-39H,3-9H2,1-2H3,(H,36,37). The molecule has 0 fully saturated rings. The minimum Gasteiger partial charge on any atom is -0.490 e. The maximum Gasteiger partial charge on any atom is 0.358 e. The summed E-state index contributed by atoms with van der Waals surface area (Å²) in [5.74, 6) is 0.201. The fourth-order valence-corrected chi connectivity index (χ4v) is 5.30. The van der Waals surface area contributed by atoms with Crippen LogP contribution < -0.4 is 9.47 Å². The van der Waals surface area contributed by atoms with Crippen LogP contribution in [0.3, 0.4) is 0 Å². The SMILES string of the molecule is CCc1oc(-c2cc(Cl)c(OCCCOCCOc3c(Cl)cc(-c4nc(C(O)O)c(CC)o4)cc3Cl)c(Cl)c2)nc1C(=O)O. The highest BCUT2D eigenvalue weighted by atomic mass is 35.5. The molecule has 2 heterocycles. The van der Waals surface area contributed by atoms with Crippen LogP contribution in [0.2, 0.25) is 20.1 Å². The average molecular weight is 690 g/mol. The van der Waals surface area contributed by atoms with Crippen LogP contribution in [-0.2, 0) is 17.6 Å². The summed E-state index contributed by atoms with van der Waals surface area (Å²) in [5, 5.41) is 29.2. The quantitative estimate of drug-likeness (QED) is 0.0851. The van der Waals surface area contributed by atoms with Crippen molar-refractivity contribution in [3.8, 4) is 34.4 Å². The summed E-state index contributed by atoms with van der Waals surface area (Å²) in [6, 6.07) is 6.20. The molecular formula is C29H28Cl4N2O9. The molecule has 0 aliphatic heterocycles. The summed E-state index contributed by atoms with van der Waals surface area (Å²) < 4.78 is 28.2. The van der Waals surface area contributed by atoms with Crippen molar-refractivity contribution < 1.29 is 43.2 Å². The van der Waals surface area contributed by atoms with E-state index in [2.05, 4.69) is 9.97 Å². The molecule has 0 spiro atoms. The van der Waals surface area contributed by atoms with Crippen LogP contribution in [0.25, 0.3) is 22.9 Å². The number of halogens is 4. The van der Waals surface area contributed by atoms with Gasteiger partial charge in [-0.15, -0.1) is 0 Å². The minimum atomic E-state index is -1.76. The highest BCUT2D eigenvalue weighted by Crippen LogP contribution is 2.39. The summed E-state index contributed by atoms with van der Waals surface area (Å²) in [7, 11) is 0. The first-order valence-electron chi connectivity index (χ1n) is 13.4. The average Bonchev–Trinajstić information content (AvgIpc) is 3.62. The van der Waals surface area contributed by atoms with Crippen LogP contribution in [0, 0.1) is 0 Å².